The predicted molar refractivity (Wildman–Crippen MR) is 73.2 cm³/mol. The molecule has 0 radical (unpaired) electrons. The molecule has 1 aromatic carbocycles. The first-order valence-electron chi connectivity index (χ1n) is 6.10. The van der Waals surface area contributed by atoms with E-state index in [1.54, 1.807) is 13.0 Å². The van der Waals surface area contributed by atoms with E-state index in [0.29, 0.717) is 12.1 Å². The second kappa shape index (κ2) is 4.76. The summed E-state index contributed by atoms with van der Waals surface area (Å²) in [7, 11) is 0. The molecule has 0 amide bonds. The molecule has 19 heavy (non-hydrogen) atoms. The van der Waals surface area contributed by atoms with Gasteiger partial charge in [-0.2, -0.15) is 0 Å². The van der Waals surface area contributed by atoms with Gasteiger partial charge in [0.05, 0.1) is 11.3 Å². The first-order chi connectivity index (χ1) is 8.95. The molecule has 0 bridgehead atoms. The summed E-state index contributed by atoms with van der Waals surface area (Å²) < 4.78 is 1.13. The maximum Gasteiger partial charge on any atom is 0.335 e. The van der Waals surface area contributed by atoms with Crippen molar-refractivity contribution in [3.8, 4) is 11.6 Å². The van der Waals surface area contributed by atoms with Crippen molar-refractivity contribution in [2.75, 3.05) is 0 Å². The van der Waals surface area contributed by atoms with Crippen molar-refractivity contribution in [3.05, 3.63) is 55.7 Å². The predicted octanol–water partition coefficient (Wildman–Crippen LogP) is 1.41. The molecule has 0 unspecified atom stereocenters. The zero-order chi connectivity index (χ0) is 14.2. The van der Waals surface area contributed by atoms with Gasteiger partial charge in [-0.1, -0.05) is 24.6 Å². The molecule has 2 aromatic rings. The standard InChI is InChI=1S/C14H16N2O3/c1-4-10-12(17)15-14(19)16(13(10)18)11-6-5-8(2)7-9(11)3/h5-7,18H,4H2,1-3H3,(H,15,17,19). The van der Waals surface area contributed by atoms with Gasteiger partial charge < -0.3 is 5.11 Å². The van der Waals surface area contributed by atoms with Crippen LogP contribution in [-0.2, 0) is 6.42 Å². The number of benzene rings is 1. The molecule has 0 saturated heterocycles. The fourth-order valence-electron chi connectivity index (χ4n) is 2.16. The average Bonchev–Trinajstić information content (AvgIpc) is 2.31. The Morgan fingerprint density at radius 2 is 1.95 bits per heavy atom. The number of aromatic hydroxyl groups is 1. The Morgan fingerprint density at radius 1 is 1.26 bits per heavy atom. The van der Waals surface area contributed by atoms with Crippen LogP contribution in [0.3, 0.4) is 0 Å². The highest BCUT2D eigenvalue weighted by Crippen LogP contribution is 2.20. The molecule has 0 aliphatic carbocycles. The Kier molecular flexibility index (Phi) is 3.29. The zero-order valence-corrected chi connectivity index (χ0v) is 11.2. The van der Waals surface area contributed by atoms with Crippen molar-refractivity contribution in [3.63, 3.8) is 0 Å². The third-order valence-corrected chi connectivity index (χ3v) is 3.13. The van der Waals surface area contributed by atoms with Crippen molar-refractivity contribution >= 4 is 0 Å². The number of hydrogen-bond acceptors (Lipinski definition) is 3. The minimum absolute atomic E-state index is 0.208. The minimum Gasteiger partial charge on any atom is -0.494 e. The van der Waals surface area contributed by atoms with E-state index in [4.69, 9.17) is 0 Å². The lowest BCUT2D eigenvalue weighted by atomic mass is 10.1. The van der Waals surface area contributed by atoms with Crippen LogP contribution in [-0.4, -0.2) is 14.7 Å². The van der Waals surface area contributed by atoms with Crippen LogP contribution in [0.5, 0.6) is 5.88 Å². The van der Waals surface area contributed by atoms with Gasteiger partial charge in [0.15, 0.2) is 0 Å². The van der Waals surface area contributed by atoms with E-state index in [-0.39, 0.29) is 11.4 Å². The van der Waals surface area contributed by atoms with Crippen LogP contribution in [0.1, 0.15) is 23.6 Å². The third-order valence-electron chi connectivity index (χ3n) is 3.13. The number of nitrogens with one attached hydrogen (secondary N) is 1. The number of hydrogen-bond donors (Lipinski definition) is 2. The minimum atomic E-state index is -0.633. The molecular weight excluding hydrogens is 244 g/mol. The number of aromatic nitrogens is 2. The molecule has 0 aliphatic rings. The summed E-state index contributed by atoms with van der Waals surface area (Å²) in [6, 6.07) is 5.52. The van der Waals surface area contributed by atoms with Gasteiger partial charge in [0.1, 0.15) is 0 Å². The summed E-state index contributed by atoms with van der Waals surface area (Å²) in [4.78, 5) is 25.7. The second-order valence-corrected chi connectivity index (χ2v) is 4.54. The normalized spacial score (nSPS) is 10.7. The molecule has 1 aromatic heterocycles. The molecule has 0 atom stereocenters. The van der Waals surface area contributed by atoms with Gasteiger partial charge in [0, 0.05) is 0 Å². The van der Waals surface area contributed by atoms with Gasteiger partial charge in [-0.05, 0) is 31.9 Å². The first-order valence-corrected chi connectivity index (χ1v) is 6.10. The quantitative estimate of drug-likeness (QED) is 0.857. The summed E-state index contributed by atoms with van der Waals surface area (Å²) in [6.45, 7) is 5.55. The Morgan fingerprint density at radius 3 is 2.53 bits per heavy atom. The molecule has 0 fully saturated rings. The van der Waals surface area contributed by atoms with Crippen molar-refractivity contribution < 1.29 is 5.11 Å². The number of aryl methyl sites for hydroxylation is 2. The monoisotopic (exact) mass is 260 g/mol. The van der Waals surface area contributed by atoms with Crippen LogP contribution in [0.25, 0.3) is 5.69 Å². The summed E-state index contributed by atoms with van der Waals surface area (Å²) >= 11 is 0. The third kappa shape index (κ3) is 2.19. The summed E-state index contributed by atoms with van der Waals surface area (Å²) in [5, 5.41) is 10.1. The lowest BCUT2D eigenvalue weighted by Crippen LogP contribution is -2.31. The highest BCUT2D eigenvalue weighted by molar-refractivity contribution is 5.45. The first kappa shape index (κ1) is 13.1. The van der Waals surface area contributed by atoms with Crippen LogP contribution in [0, 0.1) is 13.8 Å². The molecule has 5 nitrogen and oxygen atoms in total. The van der Waals surface area contributed by atoms with E-state index in [1.165, 1.54) is 0 Å². The molecule has 2 rings (SSSR count). The van der Waals surface area contributed by atoms with E-state index in [9.17, 15) is 14.7 Å². The fraction of sp³-hybridized carbons (Fsp3) is 0.286. The molecule has 0 aliphatic heterocycles. The van der Waals surface area contributed by atoms with Crippen LogP contribution in [0.4, 0.5) is 0 Å². The smallest absolute Gasteiger partial charge is 0.335 e. The van der Waals surface area contributed by atoms with Gasteiger partial charge in [-0.3, -0.25) is 9.78 Å². The van der Waals surface area contributed by atoms with E-state index in [0.717, 1.165) is 15.7 Å². The van der Waals surface area contributed by atoms with Crippen LogP contribution in [0.2, 0.25) is 0 Å². The van der Waals surface area contributed by atoms with Crippen molar-refractivity contribution in [1.82, 2.24) is 9.55 Å². The molecule has 5 heteroatoms. The SMILES string of the molecule is CCc1c(O)n(-c2ccc(C)cc2C)c(=O)[nH]c1=O. The number of aromatic amines is 1. The maximum absolute atomic E-state index is 11.9. The summed E-state index contributed by atoms with van der Waals surface area (Å²) in [5.41, 5.74) is 1.52. The zero-order valence-electron chi connectivity index (χ0n) is 11.2. The Bertz CT molecular complexity index is 741. The number of nitrogens with zero attached hydrogens (tertiary/aromatic N) is 1. The fourth-order valence-corrected chi connectivity index (χ4v) is 2.16. The molecule has 100 valence electrons. The van der Waals surface area contributed by atoms with E-state index >= 15 is 0 Å². The molecule has 0 saturated carbocycles. The average molecular weight is 260 g/mol. The number of H-pyrrole nitrogens is 1. The van der Waals surface area contributed by atoms with E-state index < -0.39 is 11.2 Å². The largest absolute Gasteiger partial charge is 0.494 e. The lowest BCUT2D eigenvalue weighted by molar-refractivity contribution is 0.423. The van der Waals surface area contributed by atoms with Gasteiger partial charge in [-0.15, -0.1) is 0 Å². The van der Waals surface area contributed by atoms with Crippen molar-refractivity contribution in [2.24, 2.45) is 0 Å². The summed E-state index contributed by atoms with van der Waals surface area (Å²) in [6.07, 6.45) is 0.354. The van der Waals surface area contributed by atoms with E-state index in [2.05, 4.69) is 4.98 Å². The topological polar surface area (TPSA) is 75.1 Å². The Hall–Kier alpha value is -2.30. The van der Waals surface area contributed by atoms with Crippen LogP contribution < -0.4 is 11.2 Å². The van der Waals surface area contributed by atoms with Gasteiger partial charge >= 0.3 is 5.69 Å². The van der Waals surface area contributed by atoms with Gasteiger partial charge in [0.2, 0.25) is 5.88 Å². The Balaban J connectivity index is 2.83. The van der Waals surface area contributed by atoms with E-state index in [1.807, 2.05) is 26.0 Å². The van der Waals surface area contributed by atoms with Crippen LogP contribution >= 0.6 is 0 Å². The van der Waals surface area contributed by atoms with Crippen molar-refractivity contribution in [1.29, 1.82) is 0 Å². The van der Waals surface area contributed by atoms with Crippen LogP contribution in [0.15, 0.2) is 27.8 Å². The highest BCUT2D eigenvalue weighted by atomic mass is 16.3. The molecular formula is C14H16N2O3. The van der Waals surface area contributed by atoms with Crippen molar-refractivity contribution in [2.45, 2.75) is 27.2 Å². The molecule has 2 N–H and O–H groups in total. The maximum atomic E-state index is 11.9. The molecule has 0 spiro atoms. The second-order valence-electron chi connectivity index (χ2n) is 4.54. The van der Waals surface area contributed by atoms with Gasteiger partial charge in [0.25, 0.3) is 5.56 Å². The lowest BCUT2D eigenvalue weighted by Gasteiger charge is -2.13. The number of rotatable bonds is 2. The van der Waals surface area contributed by atoms with Gasteiger partial charge in [-0.25, -0.2) is 9.36 Å². The molecule has 1 heterocycles. The summed E-state index contributed by atoms with van der Waals surface area (Å²) in [5.74, 6) is -0.289. The highest BCUT2D eigenvalue weighted by Gasteiger charge is 2.15. The Labute approximate surface area is 110 Å².